The Morgan fingerprint density at radius 2 is 1.58 bits per heavy atom. The molecule has 0 fully saturated rings. The fourth-order valence-electron chi connectivity index (χ4n) is 4.83. The summed E-state index contributed by atoms with van der Waals surface area (Å²) < 4.78 is 5.36. The fourth-order valence-corrected chi connectivity index (χ4v) is 4.83. The number of fused-ring (bicyclic) bond motifs is 1. The van der Waals surface area contributed by atoms with Gasteiger partial charge in [0.1, 0.15) is 17.7 Å². The maximum absolute atomic E-state index is 14.2. The van der Waals surface area contributed by atoms with E-state index in [4.69, 9.17) is 10.5 Å². The lowest BCUT2D eigenvalue weighted by molar-refractivity contribution is -0.142. The number of hydrogen-bond acceptors (Lipinski definition) is 5. The van der Waals surface area contributed by atoms with E-state index < -0.39 is 47.9 Å². The number of alkyl carbamates (subject to hydrolysis) is 1. The van der Waals surface area contributed by atoms with Gasteiger partial charge in [0.25, 0.3) is 5.91 Å². The van der Waals surface area contributed by atoms with Crippen LogP contribution in [-0.4, -0.2) is 46.9 Å². The third-order valence-corrected chi connectivity index (χ3v) is 6.90. The molecule has 3 rings (SSSR count). The molecule has 0 aliphatic carbocycles. The highest BCUT2D eigenvalue weighted by atomic mass is 16.6. The van der Waals surface area contributed by atoms with Crippen LogP contribution in [-0.2, 0) is 19.1 Å². The molecule has 9 nitrogen and oxygen atoms in total. The van der Waals surface area contributed by atoms with Crippen molar-refractivity contribution in [2.24, 2.45) is 5.73 Å². The number of nitrogens with one attached hydrogen (secondary N) is 2. The van der Waals surface area contributed by atoms with Crippen molar-refractivity contribution in [3.63, 3.8) is 0 Å². The van der Waals surface area contributed by atoms with E-state index in [1.54, 1.807) is 20.8 Å². The van der Waals surface area contributed by atoms with Gasteiger partial charge in [-0.3, -0.25) is 14.4 Å². The number of unbranched alkanes of at least 4 members (excludes halogenated alkanes) is 3. The molecular formula is C34H44N4O5. The molecule has 0 aliphatic heterocycles. The molecule has 0 aliphatic rings. The number of benzene rings is 3. The summed E-state index contributed by atoms with van der Waals surface area (Å²) in [6.07, 6.45) is 2.11. The minimum Gasteiger partial charge on any atom is -0.444 e. The summed E-state index contributed by atoms with van der Waals surface area (Å²) in [6, 6.07) is 18.5. The highest BCUT2D eigenvalue weighted by Gasteiger charge is 2.37. The van der Waals surface area contributed by atoms with Gasteiger partial charge in [0, 0.05) is 12.2 Å². The molecule has 3 aromatic rings. The number of anilines is 1. The van der Waals surface area contributed by atoms with Gasteiger partial charge in [-0.2, -0.15) is 0 Å². The van der Waals surface area contributed by atoms with Gasteiger partial charge in [0.2, 0.25) is 11.8 Å². The monoisotopic (exact) mass is 588 g/mol. The van der Waals surface area contributed by atoms with Crippen LogP contribution in [0.1, 0.15) is 77.0 Å². The van der Waals surface area contributed by atoms with Gasteiger partial charge >= 0.3 is 6.09 Å². The Morgan fingerprint density at radius 1 is 0.907 bits per heavy atom. The van der Waals surface area contributed by atoms with E-state index in [9.17, 15) is 19.2 Å². The maximum Gasteiger partial charge on any atom is 0.408 e. The molecule has 0 saturated carbocycles. The number of primary amides is 1. The maximum atomic E-state index is 14.2. The van der Waals surface area contributed by atoms with Gasteiger partial charge in [-0.15, -0.1) is 0 Å². The SMILES string of the molecule is CCCCCCN(C(=O)C(CC(N)=O)NC(=O)OC(C)(C)C)C(C(=O)Nc1ccc2ccccc2c1)c1ccc(C)cc1. The molecule has 0 radical (unpaired) electrons. The standard InChI is InChI=1S/C34H44N4O5/c1-6-7-8-11-20-38(32(41)28(22-29(35)39)37-33(42)43-34(3,4)5)30(25-16-14-23(2)15-17-25)31(40)36-27-19-18-24-12-9-10-13-26(24)21-27/h9-10,12-19,21,28,30H,6-8,11,20,22H2,1-5H3,(H2,35,39)(H,36,40)(H,37,42). The van der Waals surface area contributed by atoms with Crippen molar-refractivity contribution in [3.05, 3.63) is 77.9 Å². The molecule has 0 aromatic heterocycles. The third-order valence-electron chi connectivity index (χ3n) is 6.90. The molecule has 2 unspecified atom stereocenters. The first kappa shape index (κ1) is 33.1. The highest BCUT2D eigenvalue weighted by molar-refractivity contribution is 6.01. The van der Waals surface area contributed by atoms with Crippen LogP contribution < -0.4 is 16.4 Å². The Labute approximate surface area is 254 Å². The Kier molecular flexibility index (Phi) is 11.7. The van der Waals surface area contributed by atoms with E-state index in [2.05, 4.69) is 17.6 Å². The van der Waals surface area contributed by atoms with Crippen molar-refractivity contribution in [2.75, 3.05) is 11.9 Å². The first-order chi connectivity index (χ1) is 20.4. The zero-order valence-electron chi connectivity index (χ0n) is 25.8. The van der Waals surface area contributed by atoms with E-state index in [0.29, 0.717) is 17.7 Å². The lowest BCUT2D eigenvalue weighted by Gasteiger charge is -2.34. The molecule has 230 valence electrons. The average molecular weight is 589 g/mol. The van der Waals surface area contributed by atoms with Crippen LogP contribution >= 0.6 is 0 Å². The quantitative estimate of drug-likeness (QED) is 0.211. The van der Waals surface area contributed by atoms with Gasteiger partial charge in [0.05, 0.1) is 6.42 Å². The van der Waals surface area contributed by atoms with Crippen LogP contribution in [0.2, 0.25) is 0 Å². The van der Waals surface area contributed by atoms with Crippen LogP contribution in [0, 0.1) is 6.92 Å². The average Bonchev–Trinajstić information content (AvgIpc) is 2.93. The van der Waals surface area contributed by atoms with Crippen molar-refractivity contribution in [3.8, 4) is 0 Å². The van der Waals surface area contributed by atoms with Gasteiger partial charge in [-0.25, -0.2) is 4.79 Å². The Hall–Kier alpha value is -4.40. The topological polar surface area (TPSA) is 131 Å². The van der Waals surface area contributed by atoms with Gasteiger partial charge in [0.15, 0.2) is 0 Å². The lowest BCUT2D eigenvalue weighted by Crippen LogP contribution is -2.53. The minimum absolute atomic E-state index is 0.230. The first-order valence-corrected chi connectivity index (χ1v) is 14.8. The minimum atomic E-state index is -1.32. The molecule has 43 heavy (non-hydrogen) atoms. The number of rotatable bonds is 13. The smallest absolute Gasteiger partial charge is 0.408 e. The van der Waals surface area contributed by atoms with E-state index in [1.165, 1.54) is 4.90 Å². The summed E-state index contributed by atoms with van der Waals surface area (Å²) in [5.41, 5.74) is 6.86. The van der Waals surface area contributed by atoms with Gasteiger partial charge in [-0.05, 0) is 62.6 Å². The number of ether oxygens (including phenoxy) is 1. The van der Waals surface area contributed by atoms with Crippen molar-refractivity contribution >= 4 is 40.3 Å². The van der Waals surface area contributed by atoms with E-state index in [1.807, 2.05) is 73.7 Å². The van der Waals surface area contributed by atoms with Crippen LogP contribution in [0.4, 0.5) is 10.5 Å². The zero-order valence-corrected chi connectivity index (χ0v) is 25.8. The Balaban J connectivity index is 2.03. The molecule has 0 saturated heterocycles. The van der Waals surface area contributed by atoms with Crippen molar-refractivity contribution in [2.45, 2.75) is 84.4 Å². The van der Waals surface area contributed by atoms with Crippen LogP contribution in [0.25, 0.3) is 10.8 Å². The highest BCUT2D eigenvalue weighted by Crippen LogP contribution is 2.27. The molecule has 0 spiro atoms. The van der Waals surface area contributed by atoms with E-state index in [-0.39, 0.29) is 6.54 Å². The molecule has 4 amide bonds. The predicted molar refractivity (Wildman–Crippen MR) is 169 cm³/mol. The summed E-state index contributed by atoms with van der Waals surface area (Å²) in [6.45, 7) is 9.35. The Morgan fingerprint density at radius 3 is 2.21 bits per heavy atom. The summed E-state index contributed by atoms with van der Waals surface area (Å²) in [7, 11) is 0. The number of hydrogen-bond donors (Lipinski definition) is 3. The van der Waals surface area contributed by atoms with Crippen molar-refractivity contribution in [1.82, 2.24) is 10.2 Å². The van der Waals surface area contributed by atoms with Crippen LogP contribution in [0.3, 0.4) is 0 Å². The molecule has 4 N–H and O–H groups in total. The first-order valence-electron chi connectivity index (χ1n) is 14.8. The van der Waals surface area contributed by atoms with Crippen LogP contribution in [0.15, 0.2) is 66.7 Å². The molecule has 9 heteroatoms. The Bertz CT molecular complexity index is 1410. The van der Waals surface area contributed by atoms with Crippen molar-refractivity contribution in [1.29, 1.82) is 0 Å². The van der Waals surface area contributed by atoms with E-state index in [0.717, 1.165) is 35.6 Å². The second-order valence-corrected chi connectivity index (χ2v) is 11.8. The van der Waals surface area contributed by atoms with Crippen LogP contribution in [0.5, 0.6) is 0 Å². The number of nitrogens with zero attached hydrogens (tertiary/aromatic N) is 1. The third kappa shape index (κ3) is 10.1. The molecule has 0 heterocycles. The zero-order chi connectivity index (χ0) is 31.6. The molecule has 0 bridgehead atoms. The second-order valence-electron chi connectivity index (χ2n) is 11.8. The van der Waals surface area contributed by atoms with Gasteiger partial charge < -0.3 is 26.0 Å². The molecular weight excluding hydrogens is 544 g/mol. The number of carbonyl (C=O) groups is 4. The number of aryl methyl sites for hydroxylation is 1. The largest absolute Gasteiger partial charge is 0.444 e. The van der Waals surface area contributed by atoms with E-state index >= 15 is 0 Å². The molecule has 3 aromatic carbocycles. The van der Waals surface area contributed by atoms with Gasteiger partial charge in [-0.1, -0.05) is 86.3 Å². The number of carbonyl (C=O) groups excluding carboxylic acids is 4. The summed E-state index contributed by atoms with van der Waals surface area (Å²) >= 11 is 0. The lowest BCUT2D eigenvalue weighted by atomic mass is 10.00. The summed E-state index contributed by atoms with van der Waals surface area (Å²) in [4.78, 5) is 54.5. The second kappa shape index (κ2) is 15.2. The number of amides is 4. The summed E-state index contributed by atoms with van der Waals surface area (Å²) in [5.74, 6) is -1.79. The number of nitrogens with two attached hydrogens (primary N) is 1. The predicted octanol–water partition coefficient (Wildman–Crippen LogP) is 6.01. The summed E-state index contributed by atoms with van der Waals surface area (Å²) in [5, 5.41) is 7.52. The molecule has 2 atom stereocenters. The normalized spacial score (nSPS) is 12.7. The fraction of sp³-hybridized carbons (Fsp3) is 0.412. The van der Waals surface area contributed by atoms with Crippen molar-refractivity contribution < 1.29 is 23.9 Å².